The smallest absolute Gasteiger partial charge is 0.335 e. The van der Waals surface area contributed by atoms with Gasteiger partial charge in [-0.1, -0.05) is 0 Å². The van der Waals surface area contributed by atoms with E-state index in [1.54, 1.807) is 0 Å². The predicted molar refractivity (Wildman–Crippen MR) is 90.7 cm³/mol. The molecule has 9 nitrogen and oxygen atoms in total. The van der Waals surface area contributed by atoms with Crippen molar-refractivity contribution in [1.82, 2.24) is 10.3 Å². The Bertz CT molecular complexity index is 983. The van der Waals surface area contributed by atoms with Gasteiger partial charge < -0.3 is 5.11 Å². The Balaban J connectivity index is 1.81. The molecule has 1 saturated heterocycles. The van der Waals surface area contributed by atoms with E-state index in [9.17, 15) is 31.5 Å². The molecule has 1 aromatic rings. The number of benzene rings is 1. The van der Waals surface area contributed by atoms with Crippen molar-refractivity contribution in [3.63, 3.8) is 0 Å². The van der Waals surface area contributed by atoms with E-state index in [-0.39, 0.29) is 28.4 Å². The number of amides is 1. The van der Waals surface area contributed by atoms with Crippen molar-refractivity contribution >= 4 is 31.7 Å². The van der Waals surface area contributed by atoms with Crippen LogP contribution in [0.15, 0.2) is 17.0 Å². The van der Waals surface area contributed by atoms with Crippen LogP contribution in [-0.4, -0.2) is 45.3 Å². The molecule has 3 rings (SSSR count). The monoisotopic (exact) mass is 402 g/mol. The van der Waals surface area contributed by atoms with Crippen LogP contribution >= 0.6 is 0 Å². The average molecular weight is 402 g/mol. The second-order valence-corrected chi connectivity index (χ2v) is 10.3. The van der Waals surface area contributed by atoms with Gasteiger partial charge in [-0.2, -0.15) is 0 Å². The van der Waals surface area contributed by atoms with Gasteiger partial charge in [-0.25, -0.2) is 21.6 Å². The molecule has 11 heteroatoms. The van der Waals surface area contributed by atoms with Crippen LogP contribution in [0.25, 0.3) is 0 Å². The van der Waals surface area contributed by atoms with Crippen LogP contribution in [0.1, 0.15) is 34.3 Å². The van der Waals surface area contributed by atoms with Crippen LogP contribution in [-0.2, 0) is 37.5 Å². The summed E-state index contributed by atoms with van der Waals surface area (Å²) < 4.78 is 48.0. The number of sulfonamides is 1. The summed E-state index contributed by atoms with van der Waals surface area (Å²) in [6.07, 6.45) is 1.94. The third-order valence-electron chi connectivity index (χ3n) is 4.62. The van der Waals surface area contributed by atoms with Gasteiger partial charge in [0.15, 0.2) is 9.84 Å². The second kappa shape index (κ2) is 6.63. The van der Waals surface area contributed by atoms with Crippen LogP contribution in [0, 0.1) is 5.92 Å². The van der Waals surface area contributed by atoms with Crippen LogP contribution in [0.2, 0.25) is 0 Å². The van der Waals surface area contributed by atoms with Gasteiger partial charge in [0.05, 0.1) is 27.9 Å². The molecule has 2 aliphatic rings. The number of carbonyl (C=O) groups excluding carboxylic acids is 1. The highest BCUT2D eigenvalue weighted by Gasteiger charge is 2.34. The van der Waals surface area contributed by atoms with Crippen molar-refractivity contribution in [2.24, 2.45) is 5.92 Å². The quantitative estimate of drug-likeness (QED) is 0.569. The third kappa shape index (κ3) is 3.74. The fourth-order valence-corrected chi connectivity index (χ4v) is 6.23. The lowest BCUT2D eigenvalue weighted by atomic mass is 10.1. The van der Waals surface area contributed by atoms with Gasteiger partial charge >= 0.3 is 5.97 Å². The Morgan fingerprint density at radius 3 is 2.54 bits per heavy atom. The van der Waals surface area contributed by atoms with E-state index in [2.05, 4.69) is 5.43 Å². The topological polar surface area (TPSA) is 147 Å². The predicted octanol–water partition coefficient (Wildman–Crippen LogP) is -0.382. The normalized spacial score (nSPS) is 21.3. The summed E-state index contributed by atoms with van der Waals surface area (Å²) in [6, 6.07) is 2.53. The Morgan fingerprint density at radius 1 is 1.19 bits per heavy atom. The summed E-state index contributed by atoms with van der Waals surface area (Å²) in [7, 11) is -7.46. The first kappa shape index (κ1) is 18.8. The van der Waals surface area contributed by atoms with Gasteiger partial charge in [0.2, 0.25) is 5.91 Å². The van der Waals surface area contributed by atoms with Gasteiger partial charge in [0, 0.05) is 0 Å². The molecule has 1 unspecified atom stereocenters. The van der Waals surface area contributed by atoms with Crippen molar-refractivity contribution in [2.45, 2.75) is 30.6 Å². The molecule has 0 spiro atoms. The maximum Gasteiger partial charge on any atom is 0.335 e. The molecule has 142 valence electrons. The molecule has 1 aliphatic carbocycles. The Labute approximate surface area is 150 Å². The summed E-state index contributed by atoms with van der Waals surface area (Å²) in [4.78, 5) is 25.0. The lowest BCUT2D eigenvalue weighted by Crippen LogP contribution is -2.45. The zero-order valence-electron chi connectivity index (χ0n) is 13.7. The molecular weight excluding hydrogens is 384 g/mol. The van der Waals surface area contributed by atoms with Gasteiger partial charge in [-0.15, -0.1) is 4.83 Å². The summed E-state index contributed by atoms with van der Waals surface area (Å²) in [5.41, 5.74) is 3.12. The molecule has 0 saturated carbocycles. The van der Waals surface area contributed by atoms with Crippen molar-refractivity contribution in [3.05, 3.63) is 28.8 Å². The first-order chi connectivity index (χ1) is 12.1. The van der Waals surface area contributed by atoms with Crippen LogP contribution in [0.3, 0.4) is 0 Å². The maximum atomic E-state index is 12.6. The number of nitrogens with one attached hydrogen (secondary N) is 2. The molecule has 0 aromatic heterocycles. The number of hydrogen-bond acceptors (Lipinski definition) is 6. The van der Waals surface area contributed by atoms with E-state index in [1.807, 2.05) is 4.83 Å². The zero-order chi connectivity index (χ0) is 19.1. The highest BCUT2D eigenvalue weighted by molar-refractivity contribution is 7.91. The number of aromatic carboxylic acids is 1. The molecule has 1 fully saturated rings. The van der Waals surface area contributed by atoms with Crippen molar-refractivity contribution in [2.75, 3.05) is 11.5 Å². The third-order valence-corrected chi connectivity index (χ3v) is 7.70. The first-order valence-electron chi connectivity index (χ1n) is 8.00. The van der Waals surface area contributed by atoms with E-state index < -0.39 is 37.7 Å². The van der Waals surface area contributed by atoms with Crippen molar-refractivity contribution in [3.8, 4) is 0 Å². The molecule has 1 heterocycles. The minimum Gasteiger partial charge on any atom is -0.478 e. The van der Waals surface area contributed by atoms with E-state index in [0.29, 0.717) is 30.4 Å². The molecule has 26 heavy (non-hydrogen) atoms. The molecule has 1 atom stereocenters. The van der Waals surface area contributed by atoms with Crippen LogP contribution < -0.4 is 10.3 Å². The lowest BCUT2D eigenvalue weighted by molar-refractivity contribution is -0.124. The first-order valence-corrected chi connectivity index (χ1v) is 11.3. The number of hydrogen-bond donors (Lipinski definition) is 3. The molecule has 0 radical (unpaired) electrons. The number of carbonyl (C=O) groups is 2. The summed E-state index contributed by atoms with van der Waals surface area (Å²) in [5.74, 6) is -3.19. The summed E-state index contributed by atoms with van der Waals surface area (Å²) in [6.45, 7) is 0. The van der Waals surface area contributed by atoms with Crippen molar-refractivity contribution in [1.29, 1.82) is 0 Å². The Morgan fingerprint density at radius 2 is 1.92 bits per heavy atom. The van der Waals surface area contributed by atoms with Crippen molar-refractivity contribution < 1.29 is 31.5 Å². The van der Waals surface area contributed by atoms with Crippen LogP contribution in [0.5, 0.6) is 0 Å². The molecule has 1 aliphatic heterocycles. The maximum absolute atomic E-state index is 12.6. The molecule has 0 bridgehead atoms. The van der Waals surface area contributed by atoms with Gasteiger partial charge in [0.1, 0.15) is 0 Å². The second-order valence-electron chi connectivity index (χ2n) is 6.47. The van der Waals surface area contributed by atoms with E-state index in [4.69, 9.17) is 0 Å². The van der Waals surface area contributed by atoms with Gasteiger partial charge in [0.25, 0.3) is 10.0 Å². The van der Waals surface area contributed by atoms with E-state index in [1.165, 1.54) is 6.07 Å². The number of carboxylic acid groups (broad SMARTS) is 1. The molecule has 1 amide bonds. The Hall–Kier alpha value is -1.98. The number of aryl methyl sites for hydroxylation is 1. The molecular formula is C15H18N2O7S2. The Kier molecular flexibility index (Phi) is 4.80. The van der Waals surface area contributed by atoms with Gasteiger partial charge in [-0.3, -0.25) is 10.2 Å². The average Bonchev–Trinajstić information content (AvgIpc) is 3.17. The SMILES string of the molecule is O=C(O)c1cc2c(c(S(=O)(=O)NNC(=O)C3CCS(=O)(=O)C3)c1)CCC2. The van der Waals surface area contributed by atoms with E-state index >= 15 is 0 Å². The molecule has 1 aromatic carbocycles. The number of fused-ring (bicyclic) bond motifs is 1. The lowest BCUT2D eigenvalue weighted by Gasteiger charge is -2.14. The fourth-order valence-electron chi connectivity index (χ4n) is 3.31. The summed E-state index contributed by atoms with van der Waals surface area (Å²) >= 11 is 0. The number of sulfone groups is 1. The van der Waals surface area contributed by atoms with Crippen LogP contribution in [0.4, 0.5) is 0 Å². The fraction of sp³-hybridized carbons (Fsp3) is 0.467. The highest BCUT2D eigenvalue weighted by Crippen LogP contribution is 2.30. The number of carboxylic acids is 1. The largest absolute Gasteiger partial charge is 0.478 e. The zero-order valence-corrected chi connectivity index (χ0v) is 15.3. The van der Waals surface area contributed by atoms with Gasteiger partial charge in [-0.05, 0) is 48.9 Å². The number of hydrazine groups is 1. The summed E-state index contributed by atoms with van der Waals surface area (Å²) in [5, 5.41) is 9.18. The number of rotatable bonds is 5. The molecule has 3 N–H and O–H groups in total. The standard InChI is InChI=1S/C15H18N2O7S2/c18-14(10-4-5-25(21,22)8-10)16-17-26(23,24)13-7-11(15(19)20)6-9-2-1-3-12(9)13/h6-7,10,17H,1-5,8H2,(H,16,18)(H,19,20). The minimum atomic E-state index is -4.19. The minimum absolute atomic E-state index is 0.105. The highest BCUT2D eigenvalue weighted by atomic mass is 32.2. The van der Waals surface area contributed by atoms with E-state index in [0.717, 1.165) is 6.07 Å².